The van der Waals surface area contributed by atoms with Crippen molar-refractivity contribution in [2.24, 2.45) is 5.92 Å². The molecule has 21 heavy (non-hydrogen) atoms. The van der Waals surface area contributed by atoms with Gasteiger partial charge in [-0.3, -0.25) is 9.59 Å². The number of aliphatic carboxylic acids is 1. The first-order chi connectivity index (χ1) is 10.2. The summed E-state index contributed by atoms with van der Waals surface area (Å²) in [7, 11) is 0. The van der Waals surface area contributed by atoms with Crippen molar-refractivity contribution >= 4 is 11.9 Å². The zero-order valence-electron chi connectivity index (χ0n) is 11.9. The van der Waals surface area contributed by atoms with Crippen molar-refractivity contribution in [2.75, 3.05) is 19.7 Å². The molecule has 112 valence electrons. The molecule has 1 amide bonds. The molecule has 0 saturated carbocycles. The Bertz CT molecular complexity index is 561. The standard InChI is InChI=1S/C16H19NO4/c18-15(17-7-4-12(5-8-17)16(19)20)13-3-1-2-11-6-9-21-10-14(11)13/h1-3,12H,4-10H2,(H,19,20). The summed E-state index contributed by atoms with van der Waals surface area (Å²) in [6.07, 6.45) is 1.91. The fourth-order valence-corrected chi connectivity index (χ4v) is 3.10. The van der Waals surface area contributed by atoms with Crippen LogP contribution in [0.3, 0.4) is 0 Å². The first-order valence-electron chi connectivity index (χ1n) is 7.37. The van der Waals surface area contributed by atoms with Gasteiger partial charge in [-0.15, -0.1) is 0 Å². The van der Waals surface area contributed by atoms with E-state index in [-0.39, 0.29) is 11.8 Å². The number of piperidine rings is 1. The van der Waals surface area contributed by atoms with Crippen LogP contribution in [0.25, 0.3) is 0 Å². The topological polar surface area (TPSA) is 66.8 Å². The zero-order chi connectivity index (χ0) is 14.8. The van der Waals surface area contributed by atoms with Crippen LogP contribution in [0.1, 0.15) is 34.3 Å². The number of fused-ring (bicyclic) bond motifs is 1. The van der Waals surface area contributed by atoms with E-state index < -0.39 is 5.97 Å². The second-order valence-corrected chi connectivity index (χ2v) is 5.65. The molecule has 0 spiro atoms. The normalized spacial score (nSPS) is 19.1. The Balaban J connectivity index is 1.76. The van der Waals surface area contributed by atoms with E-state index in [9.17, 15) is 9.59 Å². The van der Waals surface area contributed by atoms with Crippen molar-refractivity contribution in [3.63, 3.8) is 0 Å². The predicted molar refractivity (Wildman–Crippen MR) is 76.1 cm³/mol. The summed E-state index contributed by atoms with van der Waals surface area (Å²) in [5.41, 5.74) is 2.89. The number of likely N-dealkylation sites (tertiary alicyclic amines) is 1. The third kappa shape index (κ3) is 2.78. The van der Waals surface area contributed by atoms with Crippen molar-refractivity contribution < 1.29 is 19.4 Å². The molecule has 0 aromatic heterocycles. The van der Waals surface area contributed by atoms with Gasteiger partial charge in [-0.1, -0.05) is 12.1 Å². The highest BCUT2D eigenvalue weighted by atomic mass is 16.5. The predicted octanol–water partition coefficient (Wildman–Crippen LogP) is 1.70. The summed E-state index contributed by atoms with van der Waals surface area (Å²) in [5, 5.41) is 9.02. The summed E-state index contributed by atoms with van der Waals surface area (Å²) < 4.78 is 5.47. The second kappa shape index (κ2) is 5.85. The minimum Gasteiger partial charge on any atom is -0.481 e. The number of amides is 1. The minimum atomic E-state index is -0.757. The zero-order valence-corrected chi connectivity index (χ0v) is 11.9. The molecular weight excluding hydrogens is 270 g/mol. The van der Waals surface area contributed by atoms with Crippen LogP contribution in [0, 0.1) is 5.92 Å². The van der Waals surface area contributed by atoms with E-state index in [1.165, 1.54) is 5.56 Å². The van der Waals surface area contributed by atoms with Crippen LogP contribution in [-0.2, 0) is 22.6 Å². The van der Waals surface area contributed by atoms with Crippen molar-refractivity contribution in [3.8, 4) is 0 Å². The number of carboxylic acid groups (broad SMARTS) is 1. The van der Waals surface area contributed by atoms with Crippen LogP contribution in [0.4, 0.5) is 0 Å². The summed E-state index contributed by atoms with van der Waals surface area (Å²) >= 11 is 0. The van der Waals surface area contributed by atoms with Crippen molar-refractivity contribution in [2.45, 2.75) is 25.9 Å². The molecule has 0 aliphatic carbocycles. The van der Waals surface area contributed by atoms with Gasteiger partial charge < -0.3 is 14.7 Å². The first kappa shape index (κ1) is 14.1. The Labute approximate surface area is 123 Å². The molecule has 2 aliphatic rings. The van der Waals surface area contributed by atoms with Gasteiger partial charge >= 0.3 is 5.97 Å². The van der Waals surface area contributed by atoms with E-state index in [2.05, 4.69) is 0 Å². The lowest BCUT2D eigenvalue weighted by Crippen LogP contribution is -2.40. The molecule has 5 nitrogen and oxygen atoms in total. The maximum absolute atomic E-state index is 12.7. The summed E-state index contributed by atoms with van der Waals surface area (Å²) in [5.74, 6) is -1.07. The number of rotatable bonds is 2. The van der Waals surface area contributed by atoms with Crippen molar-refractivity contribution in [1.82, 2.24) is 4.90 Å². The van der Waals surface area contributed by atoms with Crippen LogP contribution in [-0.4, -0.2) is 41.6 Å². The molecule has 1 saturated heterocycles. The number of hydrogen-bond donors (Lipinski definition) is 1. The third-order valence-electron chi connectivity index (χ3n) is 4.40. The van der Waals surface area contributed by atoms with Crippen LogP contribution in [0.15, 0.2) is 18.2 Å². The Morgan fingerprint density at radius 2 is 2.00 bits per heavy atom. The van der Waals surface area contributed by atoms with E-state index in [1.807, 2.05) is 18.2 Å². The number of ether oxygens (including phenoxy) is 1. The van der Waals surface area contributed by atoms with Gasteiger partial charge in [0.2, 0.25) is 0 Å². The lowest BCUT2D eigenvalue weighted by Gasteiger charge is -2.31. The highest BCUT2D eigenvalue weighted by Gasteiger charge is 2.29. The largest absolute Gasteiger partial charge is 0.481 e. The fraction of sp³-hybridized carbons (Fsp3) is 0.500. The number of carboxylic acids is 1. The molecule has 5 heteroatoms. The molecule has 3 rings (SSSR count). The molecule has 0 atom stereocenters. The number of carbonyl (C=O) groups excluding carboxylic acids is 1. The molecule has 0 radical (unpaired) electrons. The van der Waals surface area contributed by atoms with Gasteiger partial charge in [0.05, 0.1) is 19.1 Å². The molecule has 2 aliphatic heterocycles. The van der Waals surface area contributed by atoms with Crippen molar-refractivity contribution in [3.05, 3.63) is 34.9 Å². The summed E-state index contributed by atoms with van der Waals surface area (Å²) in [6, 6.07) is 5.81. The van der Waals surface area contributed by atoms with Crippen LogP contribution >= 0.6 is 0 Å². The Morgan fingerprint density at radius 1 is 1.24 bits per heavy atom. The minimum absolute atomic E-state index is 0.00110. The smallest absolute Gasteiger partial charge is 0.306 e. The lowest BCUT2D eigenvalue weighted by molar-refractivity contribution is -0.143. The SMILES string of the molecule is O=C(O)C1CCN(C(=O)c2cccc3c2COCC3)CC1. The summed E-state index contributed by atoms with van der Waals surface area (Å²) in [6.45, 7) is 2.22. The van der Waals surface area contributed by atoms with E-state index >= 15 is 0 Å². The average molecular weight is 289 g/mol. The average Bonchev–Trinajstić information content (AvgIpc) is 2.53. The van der Waals surface area contributed by atoms with E-state index in [0.717, 1.165) is 12.0 Å². The van der Waals surface area contributed by atoms with Crippen molar-refractivity contribution in [1.29, 1.82) is 0 Å². The number of nitrogens with zero attached hydrogens (tertiary/aromatic N) is 1. The lowest BCUT2D eigenvalue weighted by atomic mass is 9.94. The fourth-order valence-electron chi connectivity index (χ4n) is 3.10. The highest BCUT2D eigenvalue weighted by Crippen LogP contribution is 2.24. The van der Waals surface area contributed by atoms with Gasteiger partial charge in [0, 0.05) is 18.7 Å². The highest BCUT2D eigenvalue weighted by molar-refractivity contribution is 5.96. The van der Waals surface area contributed by atoms with Gasteiger partial charge in [0.15, 0.2) is 0 Å². The molecular formula is C16H19NO4. The van der Waals surface area contributed by atoms with Crippen LogP contribution in [0.5, 0.6) is 0 Å². The van der Waals surface area contributed by atoms with Crippen LogP contribution < -0.4 is 0 Å². The molecule has 2 heterocycles. The molecule has 0 bridgehead atoms. The maximum atomic E-state index is 12.7. The van der Waals surface area contributed by atoms with Crippen LogP contribution in [0.2, 0.25) is 0 Å². The first-order valence-corrected chi connectivity index (χ1v) is 7.37. The van der Waals surface area contributed by atoms with Gasteiger partial charge in [-0.25, -0.2) is 0 Å². The summed E-state index contributed by atoms with van der Waals surface area (Å²) in [4.78, 5) is 25.4. The Hall–Kier alpha value is -1.88. The van der Waals surface area contributed by atoms with E-state index in [1.54, 1.807) is 4.90 Å². The monoisotopic (exact) mass is 289 g/mol. The Kier molecular flexibility index (Phi) is 3.92. The van der Waals surface area contributed by atoms with Gasteiger partial charge in [-0.2, -0.15) is 0 Å². The second-order valence-electron chi connectivity index (χ2n) is 5.65. The number of hydrogen-bond acceptors (Lipinski definition) is 3. The van der Waals surface area contributed by atoms with E-state index in [0.29, 0.717) is 44.7 Å². The quantitative estimate of drug-likeness (QED) is 0.900. The molecule has 1 aromatic rings. The maximum Gasteiger partial charge on any atom is 0.306 e. The molecule has 1 fully saturated rings. The van der Waals surface area contributed by atoms with E-state index in [4.69, 9.17) is 9.84 Å². The third-order valence-corrected chi connectivity index (χ3v) is 4.40. The molecule has 0 unspecified atom stereocenters. The van der Waals surface area contributed by atoms with Gasteiger partial charge in [-0.05, 0) is 36.5 Å². The van der Waals surface area contributed by atoms with Gasteiger partial charge in [0.25, 0.3) is 5.91 Å². The number of benzene rings is 1. The number of carbonyl (C=O) groups is 2. The van der Waals surface area contributed by atoms with Gasteiger partial charge in [0.1, 0.15) is 0 Å². The Morgan fingerprint density at radius 3 is 2.71 bits per heavy atom. The molecule has 1 N–H and O–H groups in total. The molecule has 1 aromatic carbocycles.